The number of hydrogen-bond acceptors (Lipinski definition) is 5. The van der Waals surface area contributed by atoms with Gasteiger partial charge in [0.2, 0.25) is 5.28 Å². The molecule has 0 saturated heterocycles. The monoisotopic (exact) mass is 343 g/mol. The third-order valence-corrected chi connectivity index (χ3v) is 5.12. The second-order valence-corrected chi connectivity index (χ2v) is 6.69. The van der Waals surface area contributed by atoms with Crippen molar-refractivity contribution < 1.29 is 9.53 Å². The molecule has 1 aromatic heterocycles. The van der Waals surface area contributed by atoms with Gasteiger partial charge in [0, 0.05) is 12.1 Å². The Morgan fingerprint density at radius 1 is 1.27 bits per heavy atom. The molecule has 0 radical (unpaired) electrons. The van der Waals surface area contributed by atoms with Crippen LogP contribution in [0, 0.1) is 17.8 Å². The summed E-state index contributed by atoms with van der Waals surface area (Å²) in [5, 5.41) is 3.75. The largest absolute Gasteiger partial charge is 0.466 e. The highest BCUT2D eigenvalue weighted by atomic mass is 35.5. The van der Waals surface area contributed by atoms with Gasteiger partial charge in [0.1, 0.15) is 11.0 Å². The van der Waals surface area contributed by atoms with Crippen molar-refractivity contribution >= 4 is 35.0 Å². The minimum absolute atomic E-state index is 0.0218. The highest BCUT2D eigenvalue weighted by molar-refractivity contribution is 6.32. The molecule has 5 nitrogen and oxygen atoms in total. The number of halogens is 2. The van der Waals surface area contributed by atoms with Crippen molar-refractivity contribution in [1.82, 2.24) is 9.97 Å². The lowest BCUT2D eigenvalue weighted by atomic mass is 9.61. The minimum atomic E-state index is -0.125. The van der Waals surface area contributed by atoms with Crippen LogP contribution in [0.1, 0.15) is 32.6 Å². The van der Waals surface area contributed by atoms with Crippen LogP contribution in [0.4, 0.5) is 5.82 Å². The van der Waals surface area contributed by atoms with Gasteiger partial charge in [-0.3, -0.25) is 4.79 Å². The lowest BCUT2D eigenvalue weighted by Crippen LogP contribution is -2.52. The second kappa shape index (κ2) is 6.59. The number of anilines is 1. The summed E-state index contributed by atoms with van der Waals surface area (Å²) in [6.45, 7) is 2.25. The van der Waals surface area contributed by atoms with Crippen LogP contribution in [0.5, 0.6) is 0 Å². The molecule has 3 fully saturated rings. The van der Waals surface area contributed by atoms with E-state index in [4.69, 9.17) is 27.9 Å². The number of rotatable bonds is 4. The van der Waals surface area contributed by atoms with E-state index in [1.165, 1.54) is 0 Å². The second-order valence-electron chi connectivity index (χ2n) is 5.97. The van der Waals surface area contributed by atoms with Gasteiger partial charge in [0.25, 0.3) is 0 Å². The summed E-state index contributed by atoms with van der Waals surface area (Å²) in [7, 11) is 0. The average molecular weight is 344 g/mol. The van der Waals surface area contributed by atoms with Crippen molar-refractivity contribution in [3.63, 3.8) is 0 Å². The van der Waals surface area contributed by atoms with Crippen LogP contribution in [0.15, 0.2) is 6.07 Å². The van der Waals surface area contributed by atoms with Gasteiger partial charge in [0.15, 0.2) is 0 Å². The maximum Gasteiger partial charge on any atom is 0.311 e. The average Bonchev–Trinajstić information content (AvgIpc) is 2.47. The van der Waals surface area contributed by atoms with Gasteiger partial charge in [-0.25, -0.2) is 9.97 Å². The molecule has 22 heavy (non-hydrogen) atoms. The van der Waals surface area contributed by atoms with E-state index in [1.54, 1.807) is 6.07 Å². The highest BCUT2D eigenvalue weighted by Gasteiger charge is 2.48. The number of aromatic nitrogens is 2. The Hall–Kier alpha value is -1.07. The van der Waals surface area contributed by atoms with E-state index >= 15 is 0 Å². The first-order valence-corrected chi connectivity index (χ1v) is 8.47. The van der Waals surface area contributed by atoms with Gasteiger partial charge in [-0.05, 0) is 56.0 Å². The molecule has 1 heterocycles. The molecule has 2 bridgehead atoms. The predicted molar refractivity (Wildman–Crippen MR) is 85.0 cm³/mol. The lowest BCUT2D eigenvalue weighted by molar-refractivity contribution is -0.154. The Kier molecular flexibility index (Phi) is 4.73. The van der Waals surface area contributed by atoms with Crippen molar-refractivity contribution in [2.45, 2.75) is 38.6 Å². The third kappa shape index (κ3) is 3.15. The predicted octanol–water partition coefficient (Wildman–Crippen LogP) is 3.56. The summed E-state index contributed by atoms with van der Waals surface area (Å²) in [6.07, 6.45) is 4.45. The van der Waals surface area contributed by atoms with Crippen molar-refractivity contribution in [2.75, 3.05) is 11.9 Å². The van der Waals surface area contributed by atoms with E-state index in [2.05, 4.69) is 15.3 Å². The van der Waals surface area contributed by atoms with Crippen molar-refractivity contribution in [1.29, 1.82) is 0 Å². The smallest absolute Gasteiger partial charge is 0.311 e. The zero-order valence-electron chi connectivity index (χ0n) is 12.4. The quantitative estimate of drug-likeness (QED) is 0.514. The maximum absolute atomic E-state index is 12.4. The normalized spacial score (nSPS) is 30.1. The lowest BCUT2D eigenvalue weighted by Gasteiger charge is -2.47. The number of carbonyl (C=O) groups is 1. The molecule has 1 aromatic rings. The molecule has 3 aliphatic carbocycles. The molecular formula is C15H19Cl2N3O2. The van der Waals surface area contributed by atoms with Crippen LogP contribution >= 0.6 is 23.2 Å². The molecule has 120 valence electrons. The Balaban J connectivity index is 1.83. The van der Waals surface area contributed by atoms with Gasteiger partial charge >= 0.3 is 5.97 Å². The fourth-order valence-electron chi connectivity index (χ4n) is 3.87. The molecule has 1 N–H and O–H groups in total. The van der Waals surface area contributed by atoms with Crippen LogP contribution in [0.3, 0.4) is 0 Å². The number of nitrogens with zero attached hydrogens (tertiary/aromatic N) is 2. The zero-order chi connectivity index (χ0) is 15.7. The topological polar surface area (TPSA) is 64.1 Å². The zero-order valence-corrected chi connectivity index (χ0v) is 13.9. The van der Waals surface area contributed by atoms with Crippen molar-refractivity contribution in [2.24, 2.45) is 17.8 Å². The van der Waals surface area contributed by atoms with E-state index < -0.39 is 0 Å². The third-order valence-electron chi connectivity index (χ3n) is 4.76. The van der Waals surface area contributed by atoms with Gasteiger partial charge < -0.3 is 10.1 Å². The van der Waals surface area contributed by atoms with Crippen molar-refractivity contribution in [3.05, 3.63) is 16.5 Å². The Morgan fingerprint density at radius 3 is 2.59 bits per heavy atom. The van der Waals surface area contributed by atoms with E-state index in [-0.39, 0.29) is 28.4 Å². The van der Waals surface area contributed by atoms with Gasteiger partial charge in [-0.1, -0.05) is 11.6 Å². The van der Waals surface area contributed by atoms with Crippen molar-refractivity contribution in [3.8, 4) is 0 Å². The Labute approximate surface area is 139 Å². The Morgan fingerprint density at radius 2 is 1.95 bits per heavy atom. The number of fused-ring (bicyclic) bond motifs is 3. The number of hydrogen-bond donors (Lipinski definition) is 1. The fourth-order valence-corrected chi connectivity index (χ4v) is 4.28. The summed E-state index contributed by atoms with van der Waals surface area (Å²) in [6, 6.07) is 1.66. The molecule has 3 saturated carbocycles. The molecule has 2 atom stereocenters. The summed E-state index contributed by atoms with van der Waals surface area (Å²) < 4.78 is 5.29. The van der Waals surface area contributed by atoms with Gasteiger partial charge in [0.05, 0.1) is 12.5 Å². The first-order valence-electron chi connectivity index (χ1n) is 7.71. The Bertz CT molecular complexity index is 541. The first-order chi connectivity index (χ1) is 10.6. The molecule has 7 heteroatoms. The van der Waals surface area contributed by atoms with Crippen LogP contribution in [-0.4, -0.2) is 28.6 Å². The molecule has 0 unspecified atom stereocenters. The van der Waals surface area contributed by atoms with E-state index in [0.717, 1.165) is 25.7 Å². The summed E-state index contributed by atoms with van der Waals surface area (Å²) >= 11 is 11.8. The van der Waals surface area contributed by atoms with Crippen LogP contribution < -0.4 is 5.32 Å². The van der Waals surface area contributed by atoms with E-state index in [9.17, 15) is 4.79 Å². The highest BCUT2D eigenvalue weighted by Crippen LogP contribution is 2.46. The maximum atomic E-state index is 12.4. The summed E-state index contributed by atoms with van der Waals surface area (Å²) in [5.74, 6) is 1.17. The minimum Gasteiger partial charge on any atom is -0.466 e. The molecule has 4 rings (SSSR count). The van der Waals surface area contributed by atoms with Crippen LogP contribution in [0.2, 0.25) is 10.4 Å². The molecule has 0 aliphatic heterocycles. The molecule has 0 aromatic carbocycles. The molecule has 0 spiro atoms. The standard InChI is InChI=1S/C15H19Cl2N3O2/c1-2-22-14(21)12-8-3-5-9(6-4-8)13(12)19-11-7-10(16)18-15(17)20-11/h7-9,12-13H,2-6H2,1H3,(H,18,19,20)/t8?,9?,12-,13-/m1/s1. The number of carbonyl (C=O) groups excluding carboxylic acids is 1. The van der Waals surface area contributed by atoms with E-state index in [1.807, 2.05) is 6.92 Å². The fraction of sp³-hybridized carbons (Fsp3) is 0.667. The van der Waals surface area contributed by atoms with Crippen LogP contribution in [-0.2, 0) is 9.53 Å². The van der Waals surface area contributed by atoms with E-state index in [0.29, 0.717) is 24.3 Å². The first kappa shape index (κ1) is 15.8. The molecule has 3 aliphatic rings. The number of nitrogens with one attached hydrogen (secondary N) is 1. The molecule has 0 amide bonds. The molecular weight excluding hydrogens is 325 g/mol. The summed E-state index contributed by atoms with van der Waals surface area (Å²) in [5.41, 5.74) is 0. The number of esters is 1. The van der Waals surface area contributed by atoms with Gasteiger partial charge in [-0.2, -0.15) is 0 Å². The SMILES string of the molecule is CCOC(=O)[C@@H]1C2CCC(CC2)[C@H]1Nc1cc(Cl)nc(Cl)n1. The summed E-state index contributed by atoms with van der Waals surface area (Å²) in [4.78, 5) is 20.4. The number of ether oxygens (including phenoxy) is 1. The van der Waals surface area contributed by atoms with Gasteiger partial charge in [-0.15, -0.1) is 0 Å². The van der Waals surface area contributed by atoms with Crippen LogP contribution in [0.25, 0.3) is 0 Å².